The summed E-state index contributed by atoms with van der Waals surface area (Å²) in [5.74, 6) is -0.684. The number of alkyl halides is 3. The van der Waals surface area contributed by atoms with Crippen molar-refractivity contribution >= 4 is 29.0 Å². The molecule has 190 valence electrons. The number of carbonyl (C=O) groups excluding carboxylic acids is 1. The largest absolute Gasteiger partial charge is 0.416 e. The molecule has 0 N–H and O–H groups in total. The molecule has 5 nitrogen and oxygen atoms in total. The molecule has 2 aliphatic rings. The lowest BCUT2D eigenvalue weighted by molar-refractivity contribution is -0.137. The van der Waals surface area contributed by atoms with Crippen LogP contribution in [-0.2, 0) is 11.0 Å². The van der Waals surface area contributed by atoms with Crippen molar-refractivity contribution < 1.29 is 22.4 Å². The molecule has 2 fully saturated rings. The highest BCUT2D eigenvalue weighted by molar-refractivity contribution is 6.31. The van der Waals surface area contributed by atoms with E-state index in [0.717, 1.165) is 44.6 Å². The molecule has 0 aliphatic carbocycles. The van der Waals surface area contributed by atoms with Gasteiger partial charge in [-0.2, -0.15) is 13.2 Å². The van der Waals surface area contributed by atoms with Crippen LogP contribution in [-0.4, -0.2) is 54.6 Å². The van der Waals surface area contributed by atoms with Crippen molar-refractivity contribution in [1.29, 1.82) is 0 Å². The van der Waals surface area contributed by atoms with E-state index in [2.05, 4.69) is 9.88 Å². The van der Waals surface area contributed by atoms with Gasteiger partial charge in [-0.05, 0) is 89.0 Å². The zero-order valence-electron chi connectivity index (χ0n) is 19.6. The van der Waals surface area contributed by atoms with Crippen LogP contribution in [0, 0.1) is 12.7 Å². The molecule has 0 saturated carbocycles. The molecule has 1 aromatic heterocycles. The summed E-state index contributed by atoms with van der Waals surface area (Å²) in [5.41, 5.74) is -0.0746. The number of hydrogen-bond acceptors (Lipinski definition) is 4. The van der Waals surface area contributed by atoms with Crippen LogP contribution in [0.25, 0.3) is 0 Å². The first-order valence-electron chi connectivity index (χ1n) is 11.9. The number of aromatic nitrogens is 1. The maximum atomic E-state index is 13.8. The van der Waals surface area contributed by atoms with Gasteiger partial charge in [0.25, 0.3) is 0 Å². The van der Waals surface area contributed by atoms with E-state index in [9.17, 15) is 22.4 Å². The quantitative estimate of drug-likeness (QED) is 0.447. The lowest BCUT2D eigenvalue weighted by Gasteiger charge is -2.32. The maximum absolute atomic E-state index is 13.8. The van der Waals surface area contributed by atoms with Gasteiger partial charge < -0.3 is 14.7 Å². The summed E-state index contributed by atoms with van der Waals surface area (Å²) in [4.78, 5) is 23.7. The number of likely N-dealkylation sites (tertiary alicyclic amines) is 1. The van der Waals surface area contributed by atoms with Crippen LogP contribution in [0.3, 0.4) is 0 Å². The zero-order chi connectivity index (χ0) is 25.2. The first-order chi connectivity index (χ1) is 16.6. The van der Waals surface area contributed by atoms with Gasteiger partial charge in [-0.15, -0.1) is 0 Å². The van der Waals surface area contributed by atoms with Crippen LogP contribution < -0.4 is 9.80 Å². The van der Waals surface area contributed by atoms with Gasteiger partial charge >= 0.3 is 6.18 Å². The van der Waals surface area contributed by atoms with Crippen LogP contribution in [0.1, 0.15) is 43.4 Å². The summed E-state index contributed by atoms with van der Waals surface area (Å²) < 4.78 is 54.1. The maximum Gasteiger partial charge on any atom is 0.416 e. The number of hydrogen-bond donors (Lipinski definition) is 0. The van der Waals surface area contributed by atoms with Gasteiger partial charge in [0.2, 0.25) is 5.91 Å². The van der Waals surface area contributed by atoms with Gasteiger partial charge in [0.1, 0.15) is 17.7 Å². The molecule has 1 aromatic carbocycles. The highest BCUT2D eigenvalue weighted by Gasteiger charge is 2.37. The third-order valence-corrected chi connectivity index (χ3v) is 6.92. The predicted molar refractivity (Wildman–Crippen MR) is 128 cm³/mol. The summed E-state index contributed by atoms with van der Waals surface area (Å²) in [6, 6.07) is 5.51. The molecule has 2 saturated heterocycles. The Morgan fingerprint density at radius 2 is 1.89 bits per heavy atom. The van der Waals surface area contributed by atoms with E-state index in [-0.39, 0.29) is 22.4 Å². The summed E-state index contributed by atoms with van der Waals surface area (Å²) in [5, 5.41) is -0.0849. The van der Waals surface area contributed by atoms with E-state index in [0.29, 0.717) is 38.0 Å². The van der Waals surface area contributed by atoms with Gasteiger partial charge in [0.15, 0.2) is 0 Å². The molecular weight excluding hydrogens is 484 g/mol. The second-order valence-corrected chi connectivity index (χ2v) is 9.60. The first-order valence-corrected chi connectivity index (χ1v) is 12.3. The normalized spacial score (nSPS) is 18.9. The summed E-state index contributed by atoms with van der Waals surface area (Å²) in [6.07, 6.45) is -0.317. The van der Waals surface area contributed by atoms with Gasteiger partial charge in [0.05, 0.1) is 10.6 Å². The van der Waals surface area contributed by atoms with Gasteiger partial charge in [-0.3, -0.25) is 4.79 Å². The Morgan fingerprint density at radius 1 is 1.14 bits per heavy atom. The van der Waals surface area contributed by atoms with E-state index in [1.165, 1.54) is 25.1 Å². The van der Waals surface area contributed by atoms with Crippen molar-refractivity contribution in [3.05, 3.63) is 52.4 Å². The van der Waals surface area contributed by atoms with E-state index >= 15 is 0 Å². The SMILES string of the molecule is Cc1cc(C(F)(F)F)cc(N2CCC[C@H]2C(=O)N(CCCN2CCCC2)c2ccc(F)c(Cl)c2)n1. The Hall–Kier alpha value is -2.39. The second-order valence-electron chi connectivity index (χ2n) is 9.20. The monoisotopic (exact) mass is 512 g/mol. The predicted octanol–water partition coefficient (Wildman–Crippen LogP) is 5.69. The molecule has 1 atom stereocenters. The van der Waals surface area contributed by atoms with Crippen LogP contribution in [0.15, 0.2) is 30.3 Å². The van der Waals surface area contributed by atoms with E-state index in [1.54, 1.807) is 9.80 Å². The fourth-order valence-electron chi connectivity index (χ4n) is 4.92. The van der Waals surface area contributed by atoms with E-state index < -0.39 is 23.6 Å². The number of aryl methyl sites for hydroxylation is 1. The molecule has 10 heteroatoms. The van der Waals surface area contributed by atoms with Crippen LogP contribution in [0.4, 0.5) is 29.1 Å². The van der Waals surface area contributed by atoms with Crippen LogP contribution >= 0.6 is 11.6 Å². The number of carbonyl (C=O) groups is 1. The Labute approximate surface area is 207 Å². The topological polar surface area (TPSA) is 39.7 Å². The number of pyridine rings is 1. The molecule has 3 heterocycles. The molecule has 0 radical (unpaired) electrons. The van der Waals surface area contributed by atoms with Gasteiger partial charge in [0, 0.05) is 24.5 Å². The van der Waals surface area contributed by atoms with Crippen LogP contribution in [0.5, 0.6) is 0 Å². The second kappa shape index (κ2) is 10.7. The number of nitrogens with zero attached hydrogens (tertiary/aromatic N) is 4. The van der Waals surface area contributed by atoms with Crippen molar-refractivity contribution in [2.24, 2.45) is 0 Å². The molecular formula is C25H29ClF4N4O. The van der Waals surface area contributed by atoms with Crippen molar-refractivity contribution in [3.63, 3.8) is 0 Å². The minimum atomic E-state index is -4.51. The smallest absolute Gasteiger partial charge is 0.345 e. The summed E-state index contributed by atoms with van der Waals surface area (Å²) in [6.45, 7) is 5.24. The Morgan fingerprint density at radius 3 is 2.57 bits per heavy atom. The molecule has 0 unspecified atom stereocenters. The third-order valence-electron chi connectivity index (χ3n) is 6.63. The highest BCUT2D eigenvalue weighted by atomic mass is 35.5. The standard InChI is InChI=1S/C25H29ClF4N4O/c1-17-14-18(25(28,29)30)15-23(31-17)34-12-4-6-22(34)24(35)33(13-5-11-32-9-2-3-10-32)19-7-8-21(27)20(26)16-19/h7-8,14-16,22H,2-6,9-13H2,1H3/t22-/m0/s1. The van der Waals surface area contributed by atoms with Crippen molar-refractivity contribution in [2.45, 2.75) is 51.2 Å². The molecule has 2 aromatic rings. The lowest BCUT2D eigenvalue weighted by atomic mass is 10.1. The van der Waals surface area contributed by atoms with Gasteiger partial charge in [-0.1, -0.05) is 11.6 Å². The minimum Gasteiger partial charge on any atom is -0.345 e. The molecule has 1 amide bonds. The molecule has 4 rings (SSSR count). The average Bonchev–Trinajstić information content (AvgIpc) is 3.50. The number of rotatable bonds is 7. The Balaban J connectivity index is 1.59. The number of benzene rings is 1. The van der Waals surface area contributed by atoms with Crippen molar-refractivity contribution in [2.75, 3.05) is 42.5 Å². The average molecular weight is 513 g/mol. The van der Waals surface area contributed by atoms with E-state index in [4.69, 9.17) is 11.6 Å². The first kappa shape index (κ1) is 25.7. The van der Waals surface area contributed by atoms with Crippen molar-refractivity contribution in [1.82, 2.24) is 9.88 Å². The Bertz CT molecular complexity index is 1060. The highest BCUT2D eigenvalue weighted by Crippen LogP contribution is 2.34. The molecule has 2 aliphatic heterocycles. The fraction of sp³-hybridized carbons (Fsp3) is 0.520. The summed E-state index contributed by atoms with van der Waals surface area (Å²) >= 11 is 6.01. The van der Waals surface area contributed by atoms with Gasteiger partial charge in [-0.25, -0.2) is 9.37 Å². The number of halogens is 5. The summed E-state index contributed by atoms with van der Waals surface area (Å²) in [7, 11) is 0. The Kier molecular flexibility index (Phi) is 7.86. The molecule has 0 bridgehead atoms. The lowest BCUT2D eigenvalue weighted by Crippen LogP contribution is -2.47. The zero-order valence-corrected chi connectivity index (χ0v) is 20.4. The molecule has 35 heavy (non-hydrogen) atoms. The third kappa shape index (κ3) is 6.06. The van der Waals surface area contributed by atoms with Crippen LogP contribution in [0.2, 0.25) is 5.02 Å². The minimum absolute atomic E-state index is 0.0849. The van der Waals surface area contributed by atoms with Crippen molar-refractivity contribution in [3.8, 4) is 0 Å². The molecule has 0 spiro atoms. The number of anilines is 2. The van der Waals surface area contributed by atoms with E-state index in [1.807, 2.05) is 0 Å². The number of amides is 1. The fourth-order valence-corrected chi connectivity index (χ4v) is 5.09.